The van der Waals surface area contributed by atoms with Gasteiger partial charge in [-0.1, -0.05) is 19.9 Å². The van der Waals surface area contributed by atoms with Crippen LogP contribution in [0.1, 0.15) is 19.4 Å². The zero-order chi connectivity index (χ0) is 13.5. The summed E-state index contributed by atoms with van der Waals surface area (Å²) in [5.41, 5.74) is 6.27. The van der Waals surface area contributed by atoms with Crippen LogP contribution in [-0.2, 0) is 11.3 Å². The molecule has 0 fully saturated rings. The number of anilines is 1. The van der Waals surface area contributed by atoms with Gasteiger partial charge in [0.25, 0.3) is 0 Å². The van der Waals surface area contributed by atoms with Crippen LogP contribution in [0.25, 0.3) is 0 Å². The van der Waals surface area contributed by atoms with Crippen molar-refractivity contribution in [1.82, 2.24) is 10.3 Å². The van der Waals surface area contributed by atoms with Crippen molar-refractivity contribution in [2.75, 3.05) is 25.0 Å². The molecule has 1 aromatic heterocycles. The molecule has 1 rings (SSSR count). The van der Waals surface area contributed by atoms with E-state index in [1.165, 1.54) is 0 Å². The molecule has 0 aliphatic rings. The second-order valence-corrected chi connectivity index (χ2v) is 4.83. The standard InChI is InChI=1S/C13H22N4O/c1-10(2)7-15-8-11-5-4-6-16-13(11)17(3)9-12(14)18/h4-6,10,15H,7-9H2,1-3H3,(H2,14,18). The van der Waals surface area contributed by atoms with Crippen LogP contribution in [0.2, 0.25) is 0 Å². The zero-order valence-electron chi connectivity index (χ0n) is 11.3. The lowest BCUT2D eigenvalue weighted by molar-refractivity contribution is -0.116. The highest BCUT2D eigenvalue weighted by Crippen LogP contribution is 2.15. The minimum Gasteiger partial charge on any atom is -0.368 e. The molecule has 1 amide bonds. The number of aromatic nitrogens is 1. The number of likely N-dealkylation sites (N-methyl/N-ethyl adjacent to an activating group) is 1. The minimum atomic E-state index is -0.357. The van der Waals surface area contributed by atoms with Gasteiger partial charge in [-0.15, -0.1) is 0 Å². The maximum absolute atomic E-state index is 10.9. The molecule has 0 aliphatic heterocycles. The molecule has 5 nitrogen and oxygen atoms in total. The largest absolute Gasteiger partial charge is 0.368 e. The van der Waals surface area contributed by atoms with Crippen LogP contribution in [0.3, 0.4) is 0 Å². The van der Waals surface area contributed by atoms with E-state index in [0.717, 1.165) is 24.5 Å². The van der Waals surface area contributed by atoms with Crippen molar-refractivity contribution < 1.29 is 4.79 Å². The second-order valence-electron chi connectivity index (χ2n) is 4.83. The van der Waals surface area contributed by atoms with Gasteiger partial charge in [0, 0.05) is 25.4 Å². The molecule has 0 aromatic carbocycles. The first-order chi connectivity index (χ1) is 8.50. The van der Waals surface area contributed by atoms with E-state index < -0.39 is 0 Å². The number of nitrogens with two attached hydrogens (primary N) is 1. The number of amides is 1. The Morgan fingerprint density at radius 2 is 2.28 bits per heavy atom. The fourth-order valence-corrected chi connectivity index (χ4v) is 1.72. The molecular weight excluding hydrogens is 228 g/mol. The van der Waals surface area contributed by atoms with E-state index >= 15 is 0 Å². The Bertz CT molecular complexity index is 392. The molecule has 5 heteroatoms. The Hall–Kier alpha value is -1.62. The lowest BCUT2D eigenvalue weighted by atomic mass is 10.2. The molecule has 0 saturated carbocycles. The average Bonchev–Trinajstić information content (AvgIpc) is 2.28. The van der Waals surface area contributed by atoms with Crippen molar-refractivity contribution in [2.45, 2.75) is 20.4 Å². The Morgan fingerprint density at radius 1 is 1.56 bits per heavy atom. The zero-order valence-corrected chi connectivity index (χ0v) is 11.3. The highest BCUT2D eigenvalue weighted by Gasteiger charge is 2.10. The van der Waals surface area contributed by atoms with Crippen molar-refractivity contribution in [3.63, 3.8) is 0 Å². The normalized spacial score (nSPS) is 10.7. The first kappa shape index (κ1) is 14.4. The molecule has 1 aromatic rings. The number of hydrogen-bond donors (Lipinski definition) is 2. The summed E-state index contributed by atoms with van der Waals surface area (Å²) in [7, 11) is 1.82. The summed E-state index contributed by atoms with van der Waals surface area (Å²) in [5.74, 6) is 1.05. The number of carbonyl (C=O) groups excluding carboxylic acids is 1. The molecule has 0 radical (unpaired) electrons. The Balaban J connectivity index is 2.69. The lowest BCUT2D eigenvalue weighted by Crippen LogP contribution is -2.32. The van der Waals surface area contributed by atoms with Crippen LogP contribution in [0, 0.1) is 5.92 Å². The molecule has 1 heterocycles. The number of hydrogen-bond acceptors (Lipinski definition) is 4. The molecule has 100 valence electrons. The van der Waals surface area contributed by atoms with E-state index in [4.69, 9.17) is 5.73 Å². The summed E-state index contributed by atoms with van der Waals surface area (Å²) in [6.45, 7) is 6.19. The number of nitrogens with one attached hydrogen (secondary N) is 1. The third-order valence-corrected chi connectivity index (χ3v) is 2.49. The van der Waals surface area contributed by atoms with Gasteiger partial charge in [0.15, 0.2) is 0 Å². The van der Waals surface area contributed by atoms with Gasteiger partial charge < -0.3 is 16.0 Å². The van der Waals surface area contributed by atoms with Crippen molar-refractivity contribution in [1.29, 1.82) is 0 Å². The second kappa shape index (κ2) is 6.96. The summed E-state index contributed by atoms with van der Waals surface area (Å²) in [4.78, 5) is 17.0. The fourth-order valence-electron chi connectivity index (χ4n) is 1.72. The first-order valence-corrected chi connectivity index (χ1v) is 6.14. The molecule has 3 N–H and O–H groups in total. The molecule has 0 saturated heterocycles. The first-order valence-electron chi connectivity index (χ1n) is 6.14. The Labute approximate surface area is 108 Å². The van der Waals surface area contributed by atoms with E-state index in [0.29, 0.717) is 5.92 Å². The van der Waals surface area contributed by atoms with Gasteiger partial charge in [-0.2, -0.15) is 0 Å². The SMILES string of the molecule is CC(C)CNCc1cccnc1N(C)CC(N)=O. The smallest absolute Gasteiger partial charge is 0.236 e. The molecular formula is C13H22N4O. The summed E-state index contributed by atoms with van der Waals surface area (Å²) in [5, 5.41) is 3.37. The van der Waals surface area contributed by atoms with Crippen LogP contribution >= 0.6 is 0 Å². The number of nitrogens with zero attached hydrogens (tertiary/aromatic N) is 2. The number of primary amides is 1. The third-order valence-electron chi connectivity index (χ3n) is 2.49. The van der Waals surface area contributed by atoms with Gasteiger partial charge in [0.05, 0.1) is 6.54 Å². The van der Waals surface area contributed by atoms with Crippen molar-refractivity contribution >= 4 is 11.7 Å². The molecule has 0 aliphatic carbocycles. The molecule has 0 spiro atoms. The van der Waals surface area contributed by atoms with Gasteiger partial charge in [-0.25, -0.2) is 4.98 Å². The van der Waals surface area contributed by atoms with E-state index in [1.807, 2.05) is 19.2 Å². The van der Waals surface area contributed by atoms with Crippen molar-refractivity contribution in [3.05, 3.63) is 23.9 Å². The average molecular weight is 250 g/mol. The van der Waals surface area contributed by atoms with E-state index in [1.54, 1.807) is 11.1 Å². The number of carbonyl (C=O) groups is 1. The van der Waals surface area contributed by atoms with Gasteiger partial charge in [0.2, 0.25) is 5.91 Å². The summed E-state index contributed by atoms with van der Waals surface area (Å²) in [6.07, 6.45) is 1.72. The van der Waals surface area contributed by atoms with E-state index in [9.17, 15) is 4.79 Å². The van der Waals surface area contributed by atoms with Crippen LogP contribution in [-0.4, -0.2) is 31.0 Å². The molecule has 0 bridgehead atoms. The Kier molecular flexibility index (Phi) is 5.58. The van der Waals surface area contributed by atoms with Crippen molar-refractivity contribution in [3.8, 4) is 0 Å². The number of pyridine rings is 1. The van der Waals surface area contributed by atoms with Gasteiger partial charge in [-0.3, -0.25) is 4.79 Å². The van der Waals surface area contributed by atoms with Gasteiger partial charge in [0.1, 0.15) is 5.82 Å². The monoisotopic (exact) mass is 250 g/mol. The maximum atomic E-state index is 10.9. The van der Waals surface area contributed by atoms with Crippen LogP contribution in [0.15, 0.2) is 18.3 Å². The highest BCUT2D eigenvalue weighted by molar-refractivity contribution is 5.79. The lowest BCUT2D eigenvalue weighted by Gasteiger charge is -2.20. The van der Waals surface area contributed by atoms with Crippen LogP contribution < -0.4 is 16.0 Å². The molecule has 0 atom stereocenters. The topological polar surface area (TPSA) is 71.2 Å². The quantitative estimate of drug-likeness (QED) is 0.749. The number of rotatable bonds is 7. The van der Waals surface area contributed by atoms with E-state index in [-0.39, 0.29) is 12.5 Å². The predicted octanol–water partition coefficient (Wildman–Crippen LogP) is 0.749. The Morgan fingerprint density at radius 3 is 2.89 bits per heavy atom. The van der Waals surface area contributed by atoms with E-state index in [2.05, 4.69) is 24.1 Å². The summed E-state index contributed by atoms with van der Waals surface area (Å²) < 4.78 is 0. The van der Waals surface area contributed by atoms with Crippen LogP contribution in [0.5, 0.6) is 0 Å². The molecule has 18 heavy (non-hydrogen) atoms. The predicted molar refractivity (Wildman–Crippen MR) is 73.2 cm³/mol. The van der Waals surface area contributed by atoms with Crippen LogP contribution in [0.4, 0.5) is 5.82 Å². The third kappa shape index (κ3) is 4.71. The molecule has 0 unspecified atom stereocenters. The van der Waals surface area contributed by atoms with Gasteiger partial charge >= 0.3 is 0 Å². The van der Waals surface area contributed by atoms with Gasteiger partial charge in [-0.05, 0) is 18.5 Å². The minimum absolute atomic E-state index is 0.175. The maximum Gasteiger partial charge on any atom is 0.236 e. The summed E-state index contributed by atoms with van der Waals surface area (Å²) >= 11 is 0. The summed E-state index contributed by atoms with van der Waals surface area (Å²) in [6, 6.07) is 3.90. The highest BCUT2D eigenvalue weighted by atomic mass is 16.1. The van der Waals surface area contributed by atoms with Crippen molar-refractivity contribution in [2.24, 2.45) is 11.7 Å². The fraction of sp³-hybridized carbons (Fsp3) is 0.538.